The Morgan fingerprint density at radius 3 is 0.905 bits per heavy atom. The minimum atomic E-state index is -0.678. The molecule has 0 unspecified atom stereocenters. The lowest BCUT2D eigenvalue weighted by molar-refractivity contribution is 0.0939. The summed E-state index contributed by atoms with van der Waals surface area (Å²) in [6.07, 6.45) is 23.2. The number of carbonyl (C=O) groups excluding carboxylic acids is 5. The monoisotopic (exact) mass is 2020 g/mol. The van der Waals surface area contributed by atoms with Crippen LogP contribution in [-0.2, 0) is 19.6 Å². The highest BCUT2D eigenvalue weighted by atomic mass is 32.1. The molecule has 5 amide bonds. The van der Waals surface area contributed by atoms with Crippen molar-refractivity contribution in [3.8, 4) is 28.7 Å². The van der Waals surface area contributed by atoms with Crippen molar-refractivity contribution in [2.75, 3.05) is 42.1 Å². The van der Waals surface area contributed by atoms with E-state index in [0.29, 0.717) is 172 Å². The van der Waals surface area contributed by atoms with Crippen LogP contribution in [0.25, 0.3) is 115 Å². The SMILES string of the molecule is COc1c(C(=O)NC2CC2)ccc2n[nH]c(/C=C/c3ccc(F)cc3F)c12.COc1c(C(=O)NCC2CC2)ccc2n[nH]c(/C=C/c3ccc(F)cc3F)c12.COc1c(C(=O)NCc2ccccc2)ccc2n[nH]c(/C=C/c3ccc(F)cc3F)c12.COc1c(C(=O)NCc2cccnc2)ccc2n[nH]c(/C=C/c3ccc(F)cc3F)c12.COc1c(C(=O)NCc2cccs2)ccc2n[nH]c(/C=C/c3ccc(F)cc3F)c12. The van der Waals surface area contributed by atoms with Crippen molar-refractivity contribution in [2.45, 2.75) is 51.4 Å². The van der Waals surface area contributed by atoms with Gasteiger partial charge in [-0.3, -0.25) is 54.5 Å². The molecule has 26 nitrogen and oxygen atoms in total. The zero-order valence-corrected chi connectivity index (χ0v) is 79.7. The molecule has 2 fully saturated rings. The third-order valence-corrected chi connectivity index (χ3v) is 24.2. The molecule has 746 valence electrons. The third kappa shape index (κ3) is 25.0. The highest BCUT2D eigenvalue weighted by Gasteiger charge is 2.30. The summed E-state index contributed by atoms with van der Waals surface area (Å²) in [5.74, 6) is -5.39. The van der Waals surface area contributed by atoms with Crippen molar-refractivity contribution < 1.29 is 91.6 Å². The fourth-order valence-corrected chi connectivity index (χ4v) is 16.2. The number of hydrogen-bond acceptors (Lipinski definition) is 17. The van der Waals surface area contributed by atoms with Gasteiger partial charge in [-0.25, -0.2) is 43.9 Å². The molecular weight excluding hydrogens is 1930 g/mol. The number of aromatic amines is 5. The van der Waals surface area contributed by atoms with E-state index in [2.05, 4.69) is 82.6 Å². The highest BCUT2D eigenvalue weighted by molar-refractivity contribution is 7.09. The molecule has 2 aliphatic rings. The number of hydrogen-bond donors (Lipinski definition) is 10. The number of nitrogens with one attached hydrogen (secondary N) is 10. The number of H-pyrrole nitrogens is 5. The van der Waals surface area contributed by atoms with Gasteiger partial charge >= 0.3 is 0 Å². The van der Waals surface area contributed by atoms with Crippen molar-refractivity contribution in [3.63, 3.8) is 0 Å². The maximum Gasteiger partial charge on any atom is 0.255 e. The lowest BCUT2D eigenvalue weighted by Crippen LogP contribution is -2.26. The molecule has 147 heavy (non-hydrogen) atoms. The molecule has 7 aromatic heterocycles. The summed E-state index contributed by atoms with van der Waals surface area (Å²) < 4.78 is 163. The lowest BCUT2D eigenvalue weighted by atomic mass is 10.1. The van der Waals surface area contributed by atoms with Crippen LogP contribution >= 0.6 is 11.3 Å². The Hall–Kier alpha value is -18.0. The molecule has 0 radical (unpaired) electrons. The second-order valence-corrected chi connectivity index (χ2v) is 34.3. The van der Waals surface area contributed by atoms with Gasteiger partial charge in [-0.15, -0.1) is 11.3 Å². The number of amides is 5. The average molecular weight is 2020 g/mol. The van der Waals surface area contributed by atoms with Gasteiger partial charge in [0.15, 0.2) is 0 Å². The number of carbonyl (C=O) groups is 5. The van der Waals surface area contributed by atoms with Crippen molar-refractivity contribution in [1.29, 1.82) is 0 Å². The number of thiophene rings is 1. The molecule has 20 rings (SSSR count). The van der Waals surface area contributed by atoms with Crippen LogP contribution < -0.4 is 50.3 Å². The minimum absolute atomic E-state index is 0.197. The molecule has 11 aromatic carbocycles. The van der Waals surface area contributed by atoms with Crippen LogP contribution in [0.4, 0.5) is 43.9 Å². The Morgan fingerprint density at radius 1 is 0.327 bits per heavy atom. The quantitative estimate of drug-likeness (QED) is 0.0195. The van der Waals surface area contributed by atoms with Gasteiger partial charge in [0.05, 0.1) is 153 Å². The predicted octanol–water partition coefficient (Wildman–Crippen LogP) is 22.4. The van der Waals surface area contributed by atoms with E-state index in [-0.39, 0.29) is 63.4 Å². The molecule has 0 spiro atoms. The van der Waals surface area contributed by atoms with Crippen LogP contribution in [-0.4, -0.2) is 134 Å². The van der Waals surface area contributed by atoms with Gasteiger partial charge in [0.25, 0.3) is 29.5 Å². The van der Waals surface area contributed by atoms with E-state index in [1.165, 1.54) is 127 Å². The van der Waals surface area contributed by atoms with Crippen LogP contribution in [0.15, 0.2) is 224 Å². The number of methoxy groups -OCH3 is 5. The second-order valence-electron chi connectivity index (χ2n) is 33.3. The normalized spacial score (nSPS) is 12.3. The largest absolute Gasteiger partial charge is 0.495 e. The smallest absolute Gasteiger partial charge is 0.255 e. The molecule has 2 aliphatic carbocycles. The number of halogens is 10. The number of fused-ring (bicyclic) bond motifs is 5. The first-order chi connectivity index (χ1) is 71.3. The average Bonchev–Trinajstić information content (AvgIpc) is 1.66. The summed E-state index contributed by atoms with van der Waals surface area (Å²) >= 11 is 1.56. The Balaban J connectivity index is 0.000000131. The number of ether oxygens (including phenoxy) is 5. The van der Waals surface area contributed by atoms with Crippen LogP contribution in [0.3, 0.4) is 0 Å². The van der Waals surface area contributed by atoms with Crippen molar-refractivity contribution in [3.05, 3.63) is 382 Å². The molecule has 7 heterocycles. The minimum Gasteiger partial charge on any atom is -0.495 e. The maximum atomic E-state index is 13.9. The molecular formula is C110H90F10N16O10S. The number of benzene rings is 11. The maximum absolute atomic E-state index is 13.9. The van der Waals surface area contributed by atoms with Crippen molar-refractivity contribution >= 4 is 156 Å². The number of pyridine rings is 1. The summed E-state index contributed by atoms with van der Waals surface area (Å²) in [5, 5.41) is 54.9. The topological polar surface area (TPSA) is 348 Å². The van der Waals surface area contributed by atoms with E-state index in [1.54, 1.807) is 121 Å². The predicted molar refractivity (Wildman–Crippen MR) is 544 cm³/mol. The lowest BCUT2D eigenvalue weighted by Gasteiger charge is -2.11. The van der Waals surface area contributed by atoms with Crippen molar-refractivity contribution in [1.82, 2.24) is 82.6 Å². The van der Waals surface area contributed by atoms with Gasteiger partial charge in [-0.1, -0.05) is 42.5 Å². The number of nitrogens with zero attached hydrogens (tertiary/aromatic N) is 6. The standard InChI is InChI=1S/C24H19F2N3O2.C23H18F2N4O2.C22H17F2N3O2S.C21H19F2N3O2.C20H17F2N3O2/c1-31-23-18(24(30)27-14-15-5-3-2-4-6-15)10-12-21-22(23)20(28-29-21)11-8-16-7-9-17(25)13-19(16)26;1-31-22-17(23(30)27-13-14-3-2-10-26-12-14)7-9-20-21(22)19(28-29-20)8-5-15-4-6-16(24)11-18(15)25;1-29-21-16(22(28)25-12-15-3-2-10-30-15)7-9-19-20(21)18(26-27-19)8-5-13-4-6-14(23)11-17(13)24;1-28-20-15(21(27)24-11-12-2-3-12)7-9-18-19(20)17(25-26-18)8-5-13-4-6-14(22)10-16(13)23;1-27-19-14(20(26)23-13-5-6-13)7-9-17-18(19)16(24-25-17)8-3-11-2-4-12(21)10-15(11)22/h2-13H,14H2,1H3,(H,27,30)(H,28,29);2-12H,13H2,1H3,(H,27,30)(H,28,29);2-11H,12H2,1H3,(H,25,28)(H,26,27);4-10,12H,2-3,11H2,1H3,(H,24,27)(H,25,26);2-4,7-10,13H,5-6H2,1H3,(H,23,26)(H,24,25)/b11-8+;3*8-5+;8-3+. The molecule has 0 aliphatic heterocycles. The van der Waals surface area contributed by atoms with Crippen LogP contribution in [0.2, 0.25) is 0 Å². The van der Waals surface area contributed by atoms with Gasteiger partial charge in [0.1, 0.15) is 86.9 Å². The zero-order valence-electron chi connectivity index (χ0n) is 78.9. The third-order valence-electron chi connectivity index (χ3n) is 23.3. The molecule has 0 bridgehead atoms. The van der Waals surface area contributed by atoms with E-state index >= 15 is 0 Å². The van der Waals surface area contributed by atoms with Gasteiger partial charge in [-0.05, 0) is 242 Å². The second kappa shape index (κ2) is 47.2. The highest BCUT2D eigenvalue weighted by Crippen LogP contribution is 2.40. The van der Waals surface area contributed by atoms with E-state index in [4.69, 9.17) is 23.7 Å². The number of aromatic nitrogens is 11. The van der Waals surface area contributed by atoms with Gasteiger partial charge in [0, 0.05) is 101 Å². The first-order valence-corrected chi connectivity index (χ1v) is 46.5. The molecule has 18 aromatic rings. The molecule has 0 atom stereocenters. The van der Waals surface area contributed by atoms with E-state index in [9.17, 15) is 67.9 Å². The van der Waals surface area contributed by atoms with Gasteiger partial charge < -0.3 is 50.3 Å². The first-order valence-electron chi connectivity index (χ1n) is 45.6. The van der Waals surface area contributed by atoms with Gasteiger partial charge in [-0.2, -0.15) is 25.5 Å². The van der Waals surface area contributed by atoms with E-state index in [1.807, 2.05) is 53.9 Å². The Morgan fingerprint density at radius 2 is 0.626 bits per heavy atom. The number of rotatable bonds is 29. The first kappa shape index (κ1) is 102. The Kier molecular flexibility index (Phi) is 32.7. The van der Waals surface area contributed by atoms with Crippen LogP contribution in [0.5, 0.6) is 28.7 Å². The zero-order chi connectivity index (χ0) is 103. The summed E-state index contributed by atoms with van der Waals surface area (Å²) in [7, 11) is 7.40. The van der Waals surface area contributed by atoms with Crippen LogP contribution in [0.1, 0.15) is 150 Å². The Bertz CT molecular complexity index is 7860. The summed E-state index contributed by atoms with van der Waals surface area (Å²) in [6.45, 7) is 1.76. The molecule has 37 heteroatoms. The summed E-state index contributed by atoms with van der Waals surface area (Å²) in [4.78, 5) is 68.4. The molecule has 2 saturated carbocycles. The van der Waals surface area contributed by atoms with E-state index < -0.39 is 58.2 Å². The van der Waals surface area contributed by atoms with Gasteiger partial charge in [0.2, 0.25) is 0 Å². The Labute approximate surface area is 836 Å². The summed E-state index contributed by atoms with van der Waals surface area (Å²) in [6, 6.07) is 51.0. The van der Waals surface area contributed by atoms with E-state index in [0.717, 1.165) is 72.0 Å². The van der Waals surface area contributed by atoms with Crippen molar-refractivity contribution in [2.24, 2.45) is 5.92 Å². The summed E-state index contributed by atoms with van der Waals surface area (Å²) in [5.41, 5.74) is 10.6. The fraction of sp³-hybridized carbons (Fsp3) is 0.136. The van der Waals surface area contributed by atoms with Crippen LogP contribution in [0, 0.1) is 64.1 Å². The molecule has 0 saturated heterocycles. The molecule has 10 N–H and O–H groups in total. The fourth-order valence-electron chi connectivity index (χ4n) is 15.6.